The number of aryl methyl sites for hydroxylation is 2. The first kappa shape index (κ1) is 40.2. The van der Waals surface area contributed by atoms with Crippen molar-refractivity contribution < 1.29 is 25.8 Å². The number of hydrogen-bond acceptors (Lipinski definition) is 3. The van der Waals surface area contributed by atoms with Gasteiger partial charge in [-0.05, 0) is 83.0 Å². The molecule has 5 nitrogen and oxygen atoms in total. The van der Waals surface area contributed by atoms with E-state index in [1.54, 1.807) is 0 Å². The quantitative estimate of drug-likeness (QED) is 0.0807. The minimum Gasteiger partial charge on any atom is -0.509 e. The number of hydrogen-bond donors (Lipinski definition) is 0. The van der Waals surface area contributed by atoms with Crippen LogP contribution in [0.3, 0.4) is 0 Å². The molecule has 0 aliphatic carbocycles. The van der Waals surface area contributed by atoms with Crippen LogP contribution in [0.1, 0.15) is 103 Å². The zero-order valence-electron chi connectivity index (χ0n) is 33.5. The van der Waals surface area contributed by atoms with E-state index in [1.807, 2.05) is 24.4 Å². The van der Waals surface area contributed by atoms with E-state index in [0.29, 0.717) is 11.5 Å². The van der Waals surface area contributed by atoms with Crippen molar-refractivity contribution in [2.45, 2.75) is 105 Å². The van der Waals surface area contributed by atoms with Crippen LogP contribution in [0.5, 0.6) is 11.5 Å². The Kier molecular flexibility index (Phi) is 12.8. The number of aromatic nitrogens is 4. The number of benzene rings is 4. The molecule has 0 atom stereocenters. The molecule has 7 aromatic rings. The molecule has 3 aromatic heterocycles. The van der Waals surface area contributed by atoms with Gasteiger partial charge in [-0.3, -0.25) is 4.68 Å². The Hall–Kier alpha value is -4.47. The molecule has 0 saturated heterocycles. The number of fused-ring (bicyclic) bond motifs is 3. The molecule has 0 radical (unpaired) electrons. The van der Waals surface area contributed by atoms with Crippen LogP contribution in [0.2, 0.25) is 0 Å². The van der Waals surface area contributed by atoms with E-state index in [9.17, 15) is 0 Å². The molecule has 0 aliphatic heterocycles. The third-order valence-electron chi connectivity index (χ3n) is 10.3. The van der Waals surface area contributed by atoms with E-state index in [-0.39, 0.29) is 26.5 Å². The van der Waals surface area contributed by atoms with Crippen molar-refractivity contribution in [2.75, 3.05) is 0 Å². The standard InChI is InChI=1S/C49H54N4O.Pt/c1-8-16-43-48(36-20-11-10-12-21-36)45(17-9-2)53(51-43)38-22-15-23-39(32-38)54-40-25-26-41-42-30-35(19-14-13-18-34(3)4)24-27-44(42)52(46(41)33-40)47-31-37(28-29-50-47)49(5,6)7;/h10-12,15,20-31,34H,8-9,13-14,16-19H2,1-7H3;/q-2;+2. The summed E-state index contributed by atoms with van der Waals surface area (Å²) in [6.07, 6.45) is 10.6. The summed E-state index contributed by atoms with van der Waals surface area (Å²) < 4.78 is 10.9. The molecule has 6 heteroatoms. The van der Waals surface area contributed by atoms with Crippen LogP contribution in [0.15, 0.2) is 97.2 Å². The van der Waals surface area contributed by atoms with Crippen molar-refractivity contribution in [2.24, 2.45) is 5.92 Å². The average Bonchev–Trinajstić information content (AvgIpc) is 3.68. The number of rotatable bonds is 14. The predicted octanol–water partition coefficient (Wildman–Crippen LogP) is 13.0. The van der Waals surface area contributed by atoms with Crippen molar-refractivity contribution in [3.63, 3.8) is 0 Å². The summed E-state index contributed by atoms with van der Waals surface area (Å²) in [5, 5.41) is 7.55. The summed E-state index contributed by atoms with van der Waals surface area (Å²) >= 11 is 0. The van der Waals surface area contributed by atoms with E-state index in [0.717, 1.165) is 71.6 Å². The monoisotopic (exact) mass is 909 g/mol. The maximum Gasteiger partial charge on any atom is 2.00 e. The van der Waals surface area contributed by atoms with Gasteiger partial charge in [0.25, 0.3) is 0 Å². The zero-order valence-corrected chi connectivity index (χ0v) is 35.8. The Bertz CT molecular complexity index is 2360. The molecule has 286 valence electrons. The molecule has 7 rings (SSSR count). The molecule has 55 heavy (non-hydrogen) atoms. The van der Waals surface area contributed by atoms with E-state index in [2.05, 4.69) is 143 Å². The minimum absolute atomic E-state index is 0. The van der Waals surface area contributed by atoms with Crippen LogP contribution in [0.25, 0.3) is 44.4 Å². The molecular formula is C49H54N4OPt. The maximum atomic E-state index is 6.60. The maximum absolute atomic E-state index is 6.60. The van der Waals surface area contributed by atoms with Gasteiger partial charge in [0.05, 0.1) is 5.69 Å². The van der Waals surface area contributed by atoms with E-state index in [1.165, 1.54) is 52.6 Å². The van der Waals surface area contributed by atoms with Crippen LogP contribution < -0.4 is 4.74 Å². The summed E-state index contributed by atoms with van der Waals surface area (Å²) in [7, 11) is 0. The van der Waals surface area contributed by atoms with Crippen LogP contribution in [0.4, 0.5) is 0 Å². The molecule has 0 aliphatic rings. The Balaban J connectivity index is 0.00000514. The van der Waals surface area contributed by atoms with E-state index in [4.69, 9.17) is 14.8 Å². The van der Waals surface area contributed by atoms with Gasteiger partial charge in [0.2, 0.25) is 0 Å². The van der Waals surface area contributed by atoms with Gasteiger partial charge in [-0.2, -0.15) is 17.2 Å². The number of nitrogens with zero attached hydrogens (tertiary/aromatic N) is 4. The Morgan fingerprint density at radius 1 is 0.764 bits per heavy atom. The predicted molar refractivity (Wildman–Crippen MR) is 224 cm³/mol. The van der Waals surface area contributed by atoms with Gasteiger partial charge in [-0.1, -0.05) is 122 Å². The fraction of sp³-hybridized carbons (Fsp3) is 0.347. The second kappa shape index (κ2) is 17.5. The van der Waals surface area contributed by atoms with Crippen molar-refractivity contribution in [1.82, 2.24) is 19.3 Å². The molecule has 0 unspecified atom stereocenters. The van der Waals surface area contributed by atoms with Gasteiger partial charge in [-0.25, -0.2) is 4.98 Å². The molecule has 4 aromatic carbocycles. The number of ether oxygens (including phenoxy) is 1. The largest absolute Gasteiger partial charge is 2.00 e. The molecule has 3 heterocycles. The van der Waals surface area contributed by atoms with Crippen molar-refractivity contribution in [3.05, 3.63) is 132 Å². The normalized spacial score (nSPS) is 11.8. The number of unbranched alkanes of at least 4 members (excludes halogenated alkanes) is 1. The van der Waals surface area contributed by atoms with E-state index < -0.39 is 0 Å². The fourth-order valence-electron chi connectivity index (χ4n) is 7.57. The van der Waals surface area contributed by atoms with Crippen LogP contribution >= 0.6 is 0 Å². The molecule has 0 N–H and O–H groups in total. The first-order valence-corrected chi connectivity index (χ1v) is 20.0. The Labute approximate surface area is 342 Å². The van der Waals surface area contributed by atoms with Gasteiger partial charge in [0.15, 0.2) is 0 Å². The minimum atomic E-state index is -0.0107. The third-order valence-corrected chi connectivity index (χ3v) is 10.3. The van der Waals surface area contributed by atoms with Crippen molar-refractivity contribution >= 4 is 21.8 Å². The molecule has 0 fully saturated rings. The second-order valence-corrected chi connectivity index (χ2v) is 16.1. The Morgan fingerprint density at radius 3 is 2.29 bits per heavy atom. The first-order chi connectivity index (χ1) is 26.1. The zero-order chi connectivity index (χ0) is 37.8. The van der Waals surface area contributed by atoms with Gasteiger partial charge < -0.3 is 9.30 Å². The molecule has 0 amide bonds. The van der Waals surface area contributed by atoms with Crippen molar-refractivity contribution in [3.8, 4) is 34.1 Å². The SMILES string of the molecule is CCCc1nn(-c2[c-]c(Oc3[c-]c4c(cc3)c3cc(CCCCC(C)C)ccc3n4-c3cc(C(C)(C)C)ccn3)ccc2)c(CCC)c1-c1ccccc1.[Pt+2]. The third kappa shape index (κ3) is 8.84. The van der Waals surface area contributed by atoms with Gasteiger partial charge in [0, 0.05) is 34.5 Å². The summed E-state index contributed by atoms with van der Waals surface area (Å²) in [5.74, 6) is 2.88. The molecule has 0 spiro atoms. The number of pyridine rings is 1. The molecule has 0 bridgehead atoms. The second-order valence-electron chi connectivity index (χ2n) is 16.1. The van der Waals surface area contributed by atoms with E-state index >= 15 is 0 Å². The van der Waals surface area contributed by atoms with Crippen LogP contribution in [-0.4, -0.2) is 19.3 Å². The first-order valence-electron chi connectivity index (χ1n) is 20.0. The molecular weight excluding hydrogens is 856 g/mol. The summed E-state index contributed by atoms with van der Waals surface area (Å²) in [5.41, 5.74) is 10.3. The summed E-state index contributed by atoms with van der Waals surface area (Å²) in [4.78, 5) is 4.91. The van der Waals surface area contributed by atoms with Crippen molar-refractivity contribution in [1.29, 1.82) is 0 Å². The molecule has 0 saturated carbocycles. The van der Waals surface area contributed by atoms with Crippen LogP contribution in [0, 0.1) is 18.1 Å². The topological polar surface area (TPSA) is 44.9 Å². The smallest absolute Gasteiger partial charge is 0.509 e. The Morgan fingerprint density at radius 2 is 1.55 bits per heavy atom. The van der Waals surface area contributed by atoms with Gasteiger partial charge in [-0.15, -0.1) is 35.7 Å². The summed E-state index contributed by atoms with van der Waals surface area (Å²) in [6, 6.07) is 39.4. The van der Waals surface area contributed by atoms with Gasteiger partial charge in [0.1, 0.15) is 5.82 Å². The van der Waals surface area contributed by atoms with Crippen LogP contribution in [-0.2, 0) is 45.7 Å². The van der Waals surface area contributed by atoms with Gasteiger partial charge >= 0.3 is 21.1 Å². The summed E-state index contributed by atoms with van der Waals surface area (Å²) in [6.45, 7) is 15.8. The fourth-order valence-corrected chi connectivity index (χ4v) is 7.57. The average molecular weight is 910 g/mol.